The van der Waals surface area contributed by atoms with Gasteiger partial charge in [0.15, 0.2) is 6.61 Å². The van der Waals surface area contributed by atoms with Crippen LogP contribution in [0.1, 0.15) is 11.1 Å². The molecule has 0 bridgehead atoms. The molecule has 3 rings (SSSR count). The molecule has 0 spiro atoms. The summed E-state index contributed by atoms with van der Waals surface area (Å²) in [6.45, 7) is 1.86. The van der Waals surface area contributed by atoms with Crippen LogP contribution in [0, 0.1) is 6.92 Å². The van der Waals surface area contributed by atoms with E-state index in [9.17, 15) is 4.79 Å². The summed E-state index contributed by atoms with van der Waals surface area (Å²) in [5.74, 6) is 3.36. The van der Waals surface area contributed by atoms with Crippen molar-refractivity contribution in [1.29, 1.82) is 0 Å². The minimum absolute atomic E-state index is 0.0750. The van der Waals surface area contributed by atoms with Crippen molar-refractivity contribution in [2.75, 3.05) is 18.1 Å². The van der Waals surface area contributed by atoms with Crippen molar-refractivity contribution in [2.45, 2.75) is 13.0 Å². The van der Waals surface area contributed by atoms with E-state index in [1.54, 1.807) is 6.21 Å². The summed E-state index contributed by atoms with van der Waals surface area (Å²) >= 11 is 1.89. The Morgan fingerprint density at radius 1 is 1.24 bits per heavy atom. The van der Waals surface area contributed by atoms with Gasteiger partial charge in [-0.05, 0) is 48.4 Å². The van der Waals surface area contributed by atoms with Crippen LogP contribution in [0.3, 0.4) is 0 Å². The highest BCUT2D eigenvalue weighted by atomic mass is 32.2. The zero-order chi connectivity index (χ0) is 17.5. The molecule has 1 saturated heterocycles. The number of rotatable bonds is 7. The summed E-state index contributed by atoms with van der Waals surface area (Å²) in [6, 6.07) is 15.2. The number of benzene rings is 2. The molecule has 0 unspecified atom stereocenters. The van der Waals surface area contributed by atoms with E-state index in [-0.39, 0.29) is 12.5 Å². The molecule has 0 radical (unpaired) electrons. The maximum atomic E-state index is 11.8. The SMILES string of the molecule is Cc1ccccc1OCC(=O)N/N=C\c1ccc(OC2CSC2)cc1. The van der Waals surface area contributed by atoms with Gasteiger partial charge in [0.1, 0.15) is 17.6 Å². The number of ether oxygens (including phenoxy) is 2. The summed E-state index contributed by atoms with van der Waals surface area (Å²) in [6.07, 6.45) is 1.92. The van der Waals surface area contributed by atoms with Gasteiger partial charge >= 0.3 is 0 Å². The second-order valence-electron chi connectivity index (χ2n) is 5.69. The van der Waals surface area contributed by atoms with Gasteiger partial charge in [0.25, 0.3) is 5.91 Å². The van der Waals surface area contributed by atoms with E-state index < -0.39 is 0 Å². The summed E-state index contributed by atoms with van der Waals surface area (Å²) < 4.78 is 11.2. The predicted octanol–water partition coefficient (Wildman–Crippen LogP) is 3.02. The smallest absolute Gasteiger partial charge is 0.277 e. The van der Waals surface area contributed by atoms with Crippen LogP contribution in [0.15, 0.2) is 53.6 Å². The van der Waals surface area contributed by atoms with Crippen LogP contribution < -0.4 is 14.9 Å². The summed E-state index contributed by atoms with van der Waals surface area (Å²) in [7, 11) is 0. The Morgan fingerprint density at radius 2 is 2.00 bits per heavy atom. The Hall–Kier alpha value is -2.47. The molecule has 6 heteroatoms. The van der Waals surface area contributed by atoms with Gasteiger partial charge in [-0.2, -0.15) is 16.9 Å². The van der Waals surface area contributed by atoms with E-state index in [1.807, 2.05) is 67.2 Å². The Morgan fingerprint density at radius 3 is 2.68 bits per heavy atom. The molecule has 1 fully saturated rings. The fourth-order valence-electron chi connectivity index (χ4n) is 2.18. The molecule has 0 aliphatic carbocycles. The zero-order valence-electron chi connectivity index (χ0n) is 14.0. The van der Waals surface area contributed by atoms with Crippen LogP contribution in [-0.4, -0.2) is 36.3 Å². The number of hydrazone groups is 1. The highest BCUT2D eigenvalue weighted by Gasteiger charge is 2.19. The topological polar surface area (TPSA) is 59.9 Å². The monoisotopic (exact) mass is 356 g/mol. The van der Waals surface area contributed by atoms with Crippen LogP contribution >= 0.6 is 11.8 Å². The van der Waals surface area contributed by atoms with Crippen molar-refractivity contribution in [3.63, 3.8) is 0 Å². The lowest BCUT2D eigenvalue weighted by molar-refractivity contribution is -0.123. The number of amides is 1. The fraction of sp³-hybridized carbons (Fsp3) is 0.263. The van der Waals surface area contributed by atoms with Crippen molar-refractivity contribution in [3.8, 4) is 11.5 Å². The molecule has 2 aromatic carbocycles. The molecule has 0 saturated carbocycles. The lowest BCUT2D eigenvalue weighted by Gasteiger charge is -2.25. The lowest BCUT2D eigenvalue weighted by atomic mass is 10.2. The van der Waals surface area contributed by atoms with Crippen molar-refractivity contribution >= 4 is 23.9 Å². The first-order valence-electron chi connectivity index (χ1n) is 8.05. The Kier molecular flexibility index (Phi) is 5.95. The first-order chi connectivity index (χ1) is 12.2. The van der Waals surface area contributed by atoms with Crippen LogP contribution in [0.25, 0.3) is 0 Å². The van der Waals surface area contributed by atoms with Crippen LogP contribution in [0.4, 0.5) is 0 Å². The summed E-state index contributed by atoms with van der Waals surface area (Å²) in [5.41, 5.74) is 4.33. The minimum atomic E-state index is -0.304. The summed E-state index contributed by atoms with van der Waals surface area (Å²) in [5, 5.41) is 3.95. The molecule has 1 N–H and O–H groups in total. The maximum Gasteiger partial charge on any atom is 0.277 e. The number of para-hydroxylation sites is 1. The average Bonchev–Trinajstić information content (AvgIpc) is 2.59. The minimum Gasteiger partial charge on any atom is -0.489 e. The molecule has 2 aromatic rings. The highest BCUT2D eigenvalue weighted by molar-refractivity contribution is 8.00. The first kappa shape index (κ1) is 17.4. The van der Waals surface area contributed by atoms with E-state index in [4.69, 9.17) is 9.47 Å². The van der Waals surface area contributed by atoms with Gasteiger partial charge in [-0.15, -0.1) is 0 Å². The van der Waals surface area contributed by atoms with E-state index in [2.05, 4.69) is 10.5 Å². The largest absolute Gasteiger partial charge is 0.489 e. The summed E-state index contributed by atoms with van der Waals surface area (Å²) in [4.78, 5) is 11.8. The third-order valence-electron chi connectivity index (χ3n) is 3.65. The van der Waals surface area contributed by atoms with Crippen LogP contribution in [0.2, 0.25) is 0 Å². The van der Waals surface area contributed by atoms with Crippen molar-refractivity contribution in [1.82, 2.24) is 5.43 Å². The van der Waals surface area contributed by atoms with Gasteiger partial charge in [-0.25, -0.2) is 5.43 Å². The Labute approximate surface area is 151 Å². The number of thioether (sulfide) groups is 1. The second-order valence-corrected chi connectivity index (χ2v) is 6.77. The number of carbonyl (C=O) groups excluding carboxylic acids is 1. The number of carbonyl (C=O) groups is 1. The molecule has 1 heterocycles. The van der Waals surface area contributed by atoms with Gasteiger partial charge < -0.3 is 9.47 Å². The molecule has 25 heavy (non-hydrogen) atoms. The van der Waals surface area contributed by atoms with Crippen molar-refractivity contribution in [2.24, 2.45) is 5.10 Å². The molecule has 1 aliphatic rings. The third-order valence-corrected chi connectivity index (χ3v) is 4.86. The van der Waals surface area contributed by atoms with E-state index in [0.29, 0.717) is 11.9 Å². The average molecular weight is 356 g/mol. The molecule has 1 amide bonds. The van der Waals surface area contributed by atoms with Crippen LogP contribution in [0.5, 0.6) is 11.5 Å². The van der Waals surface area contributed by atoms with Gasteiger partial charge in [-0.1, -0.05) is 18.2 Å². The van der Waals surface area contributed by atoms with Gasteiger partial charge in [-0.3, -0.25) is 4.79 Å². The molecule has 1 aliphatic heterocycles. The number of hydrogen-bond acceptors (Lipinski definition) is 5. The number of nitrogens with zero attached hydrogens (tertiary/aromatic N) is 1. The standard InChI is InChI=1S/C19H20N2O3S/c1-14-4-2-3-5-18(14)23-11-19(22)21-20-10-15-6-8-16(9-7-15)24-17-12-25-13-17/h2-10,17H,11-13H2,1H3,(H,21,22)/b20-10-. The Bertz CT molecular complexity index is 743. The van der Waals surface area contributed by atoms with Gasteiger partial charge in [0.2, 0.25) is 0 Å². The normalized spacial score (nSPS) is 14.1. The molecular formula is C19H20N2O3S. The van der Waals surface area contributed by atoms with E-state index >= 15 is 0 Å². The first-order valence-corrected chi connectivity index (χ1v) is 9.21. The highest BCUT2D eigenvalue weighted by Crippen LogP contribution is 2.23. The molecule has 0 atom stereocenters. The second kappa shape index (κ2) is 8.58. The maximum absolute atomic E-state index is 11.8. The van der Waals surface area contributed by atoms with Gasteiger partial charge in [0, 0.05) is 11.5 Å². The van der Waals surface area contributed by atoms with Crippen molar-refractivity contribution < 1.29 is 14.3 Å². The number of nitrogens with one attached hydrogen (secondary N) is 1. The molecule has 5 nitrogen and oxygen atoms in total. The fourth-order valence-corrected chi connectivity index (χ4v) is 2.74. The quantitative estimate of drug-likeness (QED) is 0.612. The molecular weight excluding hydrogens is 336 g/mol. The van der Waals surface area contributed by atoms with Gasteiger partial charge in [0.05, 0.1) is 6.21 Å². The van der Waals surface area contributed by atoms with E-state index in [1.165, 1.54) is 0 Å². The number of hydrogen-bond donors (Lipinski definition) is 1. The van der Waals surface area contributed by atoms with Crippen LogP contribution in [-0.2, 0) is 4.79 Å². The third kappa shape index (κ3) is 5.26. The predicted molar refractivity (Wildman–Crippen MR) is 101 cm³/mol. The zero-order valence-corrected chi connectivity index (χ0v) is 14.8. The number of aryl methyl sites for hydroxylation is 1. The van der Waals surface area contributed by atoms with Crippen molar-refractivity contribution in [3.05, 3.63) is 59.7 Å². The lowest BCUT2D eigenvalue weighted by Crippen LogP contribution is -2.30. The van der Waals surface area contributed by atoms with E-state index in [0.717, 1.165) is 28.4 Å². The Balaban J connectivity index is 1.42. The molecule has 130 valence electrons. The molecule has 0 aromatic heterocycles.